The van der Waals surface area contributed by atoms with Crippen molar-refractivity contribution >= 4 is 17.7 Å². The molecular weight excluding hydrogens is 426 g/mol. The Morgan fingerprint density at radius 1 is 1.21 bits per heavy atom. The van der Waals surface area contributed by atoms with Gasteiger partial charge in [0, 0.05) is 36.7 Å². The Morgan fingerprint density at radius 3 is 2.67 bits per heavy atom. The van der Waals surface area contributed by atoms with E-state index in [1.807, 2.05) is 24.3 Å². The van der Waals surface area contributed by atoms with Gasteiger partial charge in [-0.15, -0.1) is 15.0 Å². The number of hydrogen-bond acceptors (Lipinski definition) is 8. The molecule has 2 aromatic carbocycles. The highest BCUT2D eigenvalue weighted by Gasteiger charge is 2.25. The van der Waals surface area contributed by atoms with E-state index < -0.39 is 10.8 Å². The van der Waals surface area contributed by atoms with E-state index in [0.29, 0.717) is 24.0 Å². The predicted octanol–water partition coefficient (Wildman–Crippen LogP) is 2.51. The minimum absolute atomic E-state index is 0.0150. The van der Waals surface area contributed by atoms with Crippen LogP contribution in [0.3, 0.4) is 0 Å². The summed E-state index contributed by atoms with van der Waals surface area (Å²) >= 11 is 0. The van der Waals surface area contributed by atoms with Gasteiger partial charge in [0.25, 0.3) is 11.6 Å². The van der Waals surface area contributed by atoms with E-state index in [4.69, 9.17) is 5.21 Å². The van der Waals surface area contributed by atoms with E-state index in [9.17, 15) is 14.9 Å². The summed E-state index contributed by atoms with van der Waals surface area (Å²) in [5.41, 5.74) is 4.26. The van der Waals surface area contributed by atoms with E-state index in [0.717, 1.165) is 24.8 Å². The second-order valence-electron chi connectivity index (χ2n) is 7.78. The summed E-state index contributed by atoms with van der Waals surface area (Å²) in [4.78, 5) is 22.8. The molecule has 1 amide bonds. The topological polar surface area (TPSA) is 148 Å². The fourth-order valence-electron chi connectivity index (χ4n) is 3.82. The molecule has 3 N–H and O–H groups in total. The molecule has 1 aliphatic rings. The van der Waals surface area contributed by atoms with Gasteiger partial charge in [-0.3, -0.25) is 20.1 Å². The lowest BCUT2D eigenvalue weighted by Crippen LogP contribution is -2.24. The van der Waals surface area contributed by atoms with Gasteiger partial charge in [0.15, 0.2) is 5.82 Å². The molecule has 2 unspecified atom stereocenters. The summed E-state index contributed by atoms with van der Waals surface area (Å²) in [7, 11) is 0. The average Bonchev–Trinajstić information content (AvgIpc) is 3.51. The molecule has 4 rings (SSSR count). The molecule has 1 fully saturated rings. The summed E-state index contributed by atoms with van der Waals surface area (Å²) in [6.45, 7) is 0. The fourth-order valence-corrected chi connectivity index (χ4v) is 3.82. The van der Waals surface area contributed by atoms with Crippen LogP contribution in [0, 0.1) is 10.1 Å². The smallest absolute Gasteiger partial charge is 0.269 e. The number of nitro benzene ring substituents is 1. The highest BCUT2D eigenvalue weighted by molar-refractivity contribution is 5.90. The van der Waals surface area contributed by atoms with Crippen LogP contribution in [-0.4, -0.2) is 42.3 Å². The standard InChI is InChI=1S/C22H23N7O4/c30-22(26-31)14-3-15-1-4-16(5-2-15)20-12-6-17(23-20)7-13-21-24-27-28(25-21)18-8-10-19(11-9-18)29(32)33/h1-5,8-11,14,17,20,23,31H,6-7,12-13H2,(H,26,30)/b14-3+. The molecule has 33 heavy (non-hydrogen) atoms. The first-order valence-electron chi connectivity index (χ1n) is 10.5. The fraction of sp³-hybridized carbons (Fsp3) is 0.273. The van der Waals surface area contributed by atoms with Gasteiger partial charge in [-0.05, 0) is 53.8 Å². The Balaban J connectivity index is 1.28. The van der Waals surface area contributed by atoms with Crippen molar-refractivity contribution in [3.63, 3.8) is 0 Å². The van der Waals surface area contributed by atoms with Gasteiger partial charge in [0.05, 0.1) is 10.6 Å². The van der Waals surface area contributed by atoms with Crippen LogP contribution < -0.4 is 10.8 Å². The van der Waals surface area contributed by atoms with Gasteiger partial charge in [-0.25, -0.2) is 5.48 Å². The molecule has 1 saturated heterocycles. The number of carbonyl (C=O) groups excluding carboxylic acids is 1. The SMILES string of the molecule is O=C(/C=C/c1ccc(C2CCC(CCc3nnn(-c4ccc([N+](=O)[O-])cc4)n3)N2)cc1)NO. The molecule has 2 atom stereocenters. The Kier molecular flexibility index (Phi) is 6.81. The van der Waals surface area contributed by atoms with Crippen molar-refractivity contribution in [3.05, 3.63) is 81.7 Å². The van der Waals surface area contributed by atoms with Crippen molar-refractivity contribution in [3.8, 4) is 5.69 Å². The lowest BCUT2D eigenvalue weighted by Gasteiger charge is -2.14. The number of aryl methyl sites for hydroxylation is 1. The normalized spacial score (nSPS) is 18.0. The van der Waals surface area contributed by atoms with Crippen molar-refractivity contribution in [2.75, 3.05) is 0 Å². The molecule has 0 bridgehead atoms. The third-order valence-corrected chi connectivity index (χ3v) is 5.58. The van der Waals surface area contributed by atoms with Crippen molar-refractivity contribution in [2.24, 2.45) is 0 Å². The highest BCUT2D eigenvalue weighted by atomic mass is 16.6. The molecule has 1 aromatic heterocycles. The van der Waals surface area contributed by atoms with Gasteiger partial charge in [-0.1, -0.05) is 24.3 Å². The van der Waals surface area contributed by atoms with Gasteiger partial charge in [0.1, 0.15) is 0 Å². The van der Waals surface area contributed by atoms with Gasteiger partial charge in [-0.2, -0.15) is 0 Å². The van der Waals surface area contributed by atoms with E-state index >= 15 is 0 Å². The molecule has 0 spiro atoms. The summed E-state index contributed by atoms with van der Waals surface area (Å²) in [5, 5.41) is 35.5. The number of tetrazole rings is 1. The maximum Gasteiger partial charge on any atom is 0.269 e. The zero-order valence-electron chi connectivity index (χ0n) is 17.7. The van der Waals surface area contributed by atoms with Gasteiger partial charge in [0.2, 0.25) is 0 Å². The van der Waals surface area contributed by atoms with Crippen LogP contribution in [0.25, 0.3) is 11.8 Å². The number of hydroxylamine groups is 1. The molecule has 3 aromatic rings. The number of aromatic nitrogens is 4. The number of amides is 1. The molecule has 0 aliphatic carbocycles. The van der Waals surface area contributed by atoms with Crippen LogP contribution in [0.1, 0.15) is 42.3 Å². The van der Waals surface area contributed by atoms with Crippen LogP contribution in [0.5, 0.6) is 0 Å². The van der Waals surface area contributed by atoms with Gasteiger partial charge >= 0.3 is 0 Å². The maximum absolute atomic E-state index is 11.1. The minimum atomic E-state index is -0.568. The summed E-state index contributed by atoms with van der Waals surface area (Å²) in [5.74, 6) is 0.0586. The van der Waals surface area contributed by atoms with Crippen LogP contribution >= 0.6 is 0 Å². The van der Waals surface area contributed by atoms with Crippen molar-refractivity contribution in [1.82, 2.24) is 31.0 Å². The molecule has 1 aliphatic heterocycles. The number of nitrogens with zero attached hydrogens (tertiary/aromatic N) is 5. The third kappa shape index (κ3) is 5.64. The average molecular weight is 449 g/mol. The van der Waals surface area contributed by atoms with E-state index in [2.05, 4.69) is 20.7 Å². The zero-order chi connectivity index (χ0) is 23.2. The Hall–Kier alpha value is -3.96. The van der Waals surface area contributed by atoms with E-state index in [1.165, 1.54) is 28.6 Å². The number of hydrogen-bond donors (Lipinski definition) is 3. The first-order chi connectivity index (χ1) is 16.0. The van der Waals surface area contributed by atoms with Crippen molar-refractivity contribution in [1.29, 1.82) is 0 Å². The third-order valence-electron chi connectivity index (χ3n) is 5.58. The number of non-ortho nitro benzene ring substituents is 1. The first kappa shape index (κ1) is 22.2. The maximum atomic E-state index is 11.1. The van der Waals surface area contributed by atoms with Crippen LogP contribution in [0.15, 0.2) is 54.6 Å². The highest BCUT2D eigenvalue weighted by Crippen LogP contribution is 2.28. The monoisotopic (exact) mass is 449 g/mol. The lowest BCUT2D eigenvalue weighted by molar-refractivity contribution is -0.384. The van der Waals surface area contributed by atoms with Gasteiger partial charge < -0.3 is 5.32 Å². The zero-order valence-corrected chi connectivity index (χ0v) is 17.7. The largest absolute Gasteiger partial charge is 0.307 e. The molecule has 0 saturated carbocycles. The van der Waals surface area contributed by atoms with Crippen molar-refractivity contribution in [2.45, 2.75) is 37.8 Å². The Bertz CT molecular complexity index is 1140. The Morgan fingerprint density at radius 2 is 1.97 bits per heavy atom. The number of nitrogens with one attached hydrogen (secondary N) is 2. The van der Waals surface area contributed by atoms with Crippen LogP contribution in [0.2, 0.25) is 0 Å². The molecule has 170 valence electrons. The molecule has 11 nitrogen and oxygen atoms in total. The molecule has 0 radical (unpaired) electrons. The number of nitro groups is 1. The van der Waals surface area contributed by atoms with Crippen LogP contribution in [-0.2, 0) is 11.2 Å². The van der Waals surface area contributed by atoms with Crippen molar-refractivity contribution < 1.29 is 14.9 Å². The van der Waals surface area contributed by atoms with E-state index in [1.54, 1.807) is 23.7 Å². The number of rotatable bonds is 8. The number of carbonyl (C=O) groups is 1. The summed E-state index contributed by atoms with van der Waals surface area (Å²) in [6, 6.07) is 14.6. The second-order valence-corrected chi connectivity index (χ2v) is 7.78. The summed E-state index contributed by atoms with van der Waals surface area (Å²) < 4.78 is 0. The molecule has 2 heterocycles. The molecular formula is C22H23N7O4. The minimum Gasteiger partial charge on any atom is -0.307 e. The predicted molar refractivity (Wildman–Crippen MR) is 118 cm³/mol. The number of benzene rings is 2. The van der Waals surface area contributed by atoms with E-state index in [-0.39, 0.29) is 11.7 Å². The van der Waals surface area contributed by atoms with Crippen LogP contribution in [0.4, 0.5) is 5.69 Å². The lowest BCUT2D eigenvalue weighted by atomic mass is 10.0. The quantitative estimate of drug-likeness (QED) is 0.206. The Labute approximate surface area is 189 Å². The molecule has 11 heteroatoms. The summed E-state index contributed by atoms with van der Waals surface area (Å²) in [6.07, 6.45) is 6.52. The second kappa shape index (κ2) is 10.1. The first-order valence-corrected chi connectivity index (χ1v) is 10.5.